The number of halogens is 2. The number of aliphatic imine (C=N–C) groups is 1. The van der Waals surface area contributed by atoms with E-state index in [-0.39, 0.29) is 18.7 Å². The van der Waals surface area contributed by atoms with Crippen molar-refractivity contribution in [3.63, 3.8) is 0 Å². The third kappa shape index (κ3) is 4.00. The van der Waals surface area contributed by atoms with Gasteiger partial charge in [-0.2, -0.15) is 5.26 Å². The van der Waals surface area contributed by atoms with Crippen LogP contribution in [0.3, 0.4) is 0 Å². The summed E-state index contributed by atoms with van der Waals surface area (Å²) in [6.45, 7) is 0. The van der Waals surface area contributed by atoms with Gasteiger partial charge in [0.15, 0.2) is 0 Å². The van der Waals surface area contributed by atoms with Gasteiger partial charge in [-0.1, -0.05) is 0 Å². The van der Waals surface area contributed by atoms with Crippen molar-refractivity contribution in [1.82, 2.24) is 0 Å². The lowest BCUT2D eigenvalue weighted by atomic mass is 10.0. The van der Waals surface area contributed by atoms with E-state index in [0.717, 1.165) is 0 Å². The Morgan fingerprint density at radius 1 is 1.45 bits per heavy atom. The van der Waals surface area contributed by atoms with E-state index in [1.54, 1.807) is 24.3 Å². The van der Waals surface area contributed by atoms with Crippen LogP contribution >= 0.6 is 0 Å². The van der Waals surface area contributed by atoms with Crippen LogP contribution in [0, 0.1) is 11.3 Å². The molecule has 0 saturated heterocycles. The van der Waals surface area contributed by atoms with E-state index in [1.807, 2.05) is 6.07 Å². The Bertz CT molecular complexity index is 569. The molecule has 0 aliphatic carbocycles. The summed E-state index contributed by atoms with van der Waals surface area (Å²) < 4.78 is 35.5. The monoisotopic (exact) mass is 310 g/mol. The first-order valence-corrected chi connectivity index (χ1v) is 6.77. The molecule has 1 N–H and O–H groups in total. The average molecular weight is 310 g/mol. The summed E-state index contributed by atoms with van der Waals surface area (Å²) in [7, 11) is 1.22. The molecule has 1 aliphatic rings. The molecule has 3 unspecified atom stereocenters. The molecule has 1 aromatic carbocycles. The van der Waals surface area contributed by atoms with Crippen molar-refractivity contribution in [2.24, 2.45) is 4.99 Å². The molecule has 0 amide bonds. The number of aliphatic hydroxyl groups excluding tert-OH is 1. The second-order valence-corrected chi connectivity index (χ2v) is 4.93. The molecular formula is C15H16F2N2O3. The molecule has 3 atom stereocenters. The fourth-order valence-electron chi connectivity index (χ4n) is 2.21. The number of benzene rings is 1. The maximum atomic E-state index is 12.8. The fraction of sp³-hybridized carbons (Fsp3) is 0.467. The fourth-order valence-corrected chi connectivity index (χ4v) is 2.21. The summed E-state index contributed by atoms with van der Waals surface area (Å²) in [6, 6.07) is 7.92. The Kier molecular flexibility index (Phi) is 5.41. The summed E-state index contributed by atoms with van der Waals surface area (Å²) in [5.41, 5.74) is 1.06. The zero-order valence-electron chi connectivity index (χ0n) is 11.9. The zero-order valence-corrected chi connectivity index (χ0v) is 11.9. The molecule has 2 rings (SSSR count). The quantitative estimate of drug-likeness (QED) is 0.903. The van der Waals surface area contributed by atoms with Crippen LogP contribution in [0.2, 0.25) is 0 Å². The first-order chi connectivity index (χ1) is 10.5. The van der Waals surface area contributed by atoms with Gasteiger partial charge in [-0.25, -0.2) is 13.8 Å². The van der Waals surface area contributed by atoms with Crippen LogP contribution in [0.1, 0.15) is 24.0 Å². The Morgan fingerprint density at radius 3 is 2.68 bits per heavy atom. The number of nitriles is 1. The second kappa shape index (κ2) is 7.29. The van der Waals surface area contributed by atoms with Gasteiger partial charge in [0.1, 0.15) is 6.10 Å². The number of rotatable bonds is 5. The lowest BCUT2D eigenvalue weighted by Gasteiger charge is -2.27. The molecule has 0 spiro atoms. The highest BCUT2D eigenvalue weighted by Gasteiger charge is 2.30. The molecule has 5 nitrogen and oxygen atoms in total. The Hall–Kier alpha value is -2.04. The van der Waals surface area contributed by atoms with Gasteiger partial charge in [0.25, 0.3) is 6.43 Å². The number of alkyl halides is 2. The first kappa shape index (κ1) is 16.3. The van der Waals surface area contributed by atoms with Crippen molar-refractivity contribution in [1.29, 1.82) is 5.26 Å². The van der Waals surface area contributed by atoms with Gasteiger partial charge in [0.2, 0.25) is 12.2 Å². The summed E-state index contributed by atoms with van der Waals surface area (Å²) in [4.78, 5) is 4.27. The van der Waals surface area contributed by atoms with Gasteiger partial charge >= 0.3 is 0 Å². The molecule has 0 fully saturated rings. The topological polar surface area (TPSA) is 74.8 Å². The average Bonchev–Trinajstić information content (AvgIpc) is 2.52. The highest BCUT2D eigenvalue weighted by molar-refractivity contribution is 5.94. The predicted octanol–water partition coefficient (Wildman–Crippen LogP) is 2.08. The van der Waals surface area contributed by atoms with Gasteiger partial charge < -0.3 is 14.6 Å². The van der Waals surface area contributed by atoms with E-state index in [2.05, 4.69) is 4.99 Å². The summed E-state index contributed by atoms with van der Waals surface area (Å²) >= 11 is 0. The van der Waals surface area contributed by atoms with Crippen molar-refractivity contribution in [2.45, 2.75) is 37.7 Å². The summed E-state index contributed by atoms with van der Waals surface area (Å²) in [5, 5.41) is 18.5. The largest absolute Gasteiger partial charge is 0.448 e. The van der Waals surface area contributed by atoms with Crippen molar-refractivity contribution in [2.75, 3.05) is 7.11 Å². The molecule has 1 aromatic rings. The minimum Gasteiger partial charge on any atom is -0.448 e. The maximum Gasteiger partial charge on any atom is 0.264 e. The third-order valence-corrected chi connectivity index (χ3v) is 3.37. The number of ether oxygens (including phenoxy) is 2. The minimum absolute atomic E-state index is 0.00559. The van der Waals surface area contributed by atoms with Gasteiger partial charge in [-0.05, 0) is 24.3 Å². The Morgan fingerprint density at radius 2 is 2.14 bits per heavy atom. The molecule has 118 valence electrons. The number of methoxy groups -OCH3 is 1. The third-order valence-electron chi connectivity index (χ3n) is 3.37. The standard InChI is InChI=1S/C15H16F2N2O3/c1-21-12(14(16)17)6-11-7-13(20)22-15(19-11)10-4-2-9(8-18)3-5-10/h2-5,11-14,20H,6-7H2,1H3. The molecular weight excluding hydrogens is 294 g/mol. The Balaban J connectivity index is 2.17. The van der Waals surface area contributed by atoms with Crippen LogP contribution in [0.4, 0.5) is 8.78 Å². The van der Waals surface area contributed by atoms with E-state index in [4.69, 9.17) is 14.7 Å². The number of aliphatic hydroxyl groups is 1. The SMILES string of the molecule is COC(CC1CC(O)OC(c2ccc(C#N)cc2)=N1)C(F)F. The van der Waals surface area contributed by atoms with Crippen LogP contribution in [-0.2, 0) is 9.47 Å². The summed E-state index contributed by atoms with van der Waals surface area (Å²) in [5.74, 6) is 0.178. The van der Waals surface area contributed by atoms with Crippen LogP contribution in [0.5, 0.6) is 0 Å². The molecule has 1 aliphatic heterocycles. The van der Waals surface area contributed by atoms with Crippen LogP contribution in [0.15, 0.2) is 29.3 Å². The molecule has 0 saturated carbocycles. The van der Waals surface area contributed by atoms with Crippen LogP contribution in [0.25, 0.3) is 0 Å². The van der Waals surface area contributed by atoms with Crippen molar-refractivity contribution >= 4 is 5.90 Å². The van der Waals surface area contributed by atoms with Gasteiger partial charge in [-0.15, -0.1) is 0 Å². The normalized spacial score (nSPS) is 22.6. The number of hydrogen-bond acceptors (Lipinski definition) is 5. The second-order valence-electron chi connectivity index (χ2n) is 4.93. The molecule has 0 radical (unpaired) electrons. The van der Waals surface area contributed by atoms with Crippen molar-refractivity contribution in [3.05, 3.63) is 35.4 Å². The van der Waals surface area contributed by atoms with Crippen LogP contribution in [-0.4, -0.2) is 43.0 Å². The first-order valence-electron chi connectivity index (χ1n) is 6.77. The molecule has 22 heavy (non-hydrogen) atoms. The van der Waals surface area contributed by atoms with Crippen molar-refractivity contribution in [3.8, 4) is 6.07 Å². The Labute approximate surface area is 126 Å². The highest BCUT2D eigenvalue weighted by Crippen LogP contribution is 2.23. The van der Waals surface area contributed by atoms with E-state index < -0.39 is 24.9 Å². The highest BCUT2D eigenvalue weighted by atomic mass is 19.3. The number of nitrogens with zero attached hydrogens (tertiary/aromatic N) is 2. The lowest BCUT2D eigenvalue weighted by molar-refractivity contribution is -0.0659. The van der Waals surface area contributed by atoms with Gasteiger partial charge in [0, 0.05) is 25.5 Å². The van der Waals surface area contributed by atoms with E-state index >= 15 is 0 Å². The van der Waals surface area contributed by atoms with Crippen molar-refractivity contribution < 1.29 is 23.4 Å². The summed E-state index contributed by atoms with van der Waals surface area (Å²) in [6.07, 6.45) is -4.83. The lowest BCUT2D eigenvalue weighted by Crippen LogP contribution is -2.34. The van der Waals surface area contributed by atoms with E-state index in [9.17, 15) is 13.9 Å². The van der Waals surface area contributed by atoms with E-state index in [0.29, 0.717) is 11.1 Å². The smallest absolute Gasteiger partial charge is 0.264 e. The molecule has 1 heterocycles. The van der Waals surface area contributed by atoms with E-state index in [1.165, 1.54) is 7.11 Å². The van der Waals surface area contributed by atoms with Gasteiger partial charge in [0.05, 0.1) is 17.7 Å². The minimum atomic E-state index is -2.61. The number of hydrogen-bond donors (Lipinski definition) is 1. The predicted molar refractivity (Wildman–Crippen MR) is 74.6 cm³/mol. The van der Waals surface area contributed by atoms with Crippen LogP contribution < -0.4 is 0 Å². The molecule has 7 heteroatoms. The molecule has 0 aromatic heterocycles. The molecule has 0 bridgehead atoms. The maximum absolute atomic E-state index is 12.8. The zero-order chi connectivity index (χ0) is 16.1. The van der Waals surface area contributed by atoms with Gasteiger partial charge in [-0.3, -0.25) is 0 Å².